The number of hydrogen-bond acceptors (Lipinski definition) is 3. The van der Waals surface area contributed by atoms with E-state index in [2.05, 4.69) is 10.6 Å². The van der Waals surface area contributed by atoms with E-state index in [-0.39, 0.29) is 11.9 Å². The number of nitrogens with zero attached hydrogens (tertiary/aromatic N) is 1. The third-order valence-electron chi connectivity index (χ3n) is 3.82. The fraction of sp³-hybridized carbons (Fsp3) is 0.222. The number of carbonyl (C=O) groups excluding carboxylic acids is 2. The normalized spacial score (nSPS) is 13.5. The average molecular weight is 325 g/mol. The van der Waals surface area contributed by atoms with Gasteiger partial charge in [0.25, 0.3) is 0 Å². The topological polar surface area (TPSA) is 70.7 Å². The van der Waals surface area contributed by atoms with Gasteiger partial charge in [-0.3, -0.25) is 4.79 Å². The van der Waals surface area contributed by atoms with E-state index in [0.29, 0.717) is 25.3 Å². The lowest BCUT2D eigenvalue weighted by atomic mass is 10.1. The van der Waals surface area contributed by atoms with Crippen LogP contribution in [0.5, 0.6) is 5.75 Å². The summed E-state index contributed by atoms with van der Waals surface area (Å²) in [6.07, 6.45) is 0.359. The second-order valence-electron chi connectivity index (χ2n) is 5.53. The molecule has 0 radical (unpaired) electrons. The minimum Gasteiger partial charge on any atom is -0.491 e. The molecular weight excluding hydrogens is 306 g/mol. The molecule has 0 unspecified atom stereocenters. The zero-order valence-corrected chi connectivity index (χ0v) is 13.4. The summed E-state index contributed by atoms with van der Waals surface area (Å²) in [7, 11) is 1.73. The first kappa shape index (κ1) is 15.9. The number of urea groups is 1. The van der Waals surface area contributed by atoms with Crippen LogP contribution in [0, 0.1) is 0 Å². The zero-order chi connectivity index (χ0) is 16.9. The van der Waals surface area contributed by atoms with E-state index < -0.39 is 0 Å². The van der Waals surface area contributed by atoms with Crippen molar-refractivity contribution in [3.05, 3.63) is 54.1 Å². The maximum absolute atomic E-state index is 11.9. The van der Waals surface area contributed by atoms with E-state index >= 15 is 0 Å². The summed E-state index contributed by atoms with van der Waals surface area (Å²) < 4.78 is 5.59. The summed E-state index contributed by atoms with van der Waals surface area (Å²) in [5, 5.41) is 5.56. The van der Waals surface area contributed by atoms with Gasteiger partial charge in [-0.25, -0.2) is 4.79 Å². The Morgan fingerprint density at radius 2 is 2.00 bits per heavy atom. The summed E-state index contributed by atoms with van der Waals surface area (Å²) >= 11 is 0. The molecule has 3 amide bonds. The Kier molecular flexibility index (Phi) is 4.65. The first-order valence-corrected chi connectivity index (χ1v) is 7.75. The Bertz CT molecular complexity index is 746. The van der Waals surface area contributed by atoms with Crippen molar-refractivity contribution >= 4 is 23.3 Å². The summed E-state index contributed by atoms with van der Waals surface area (Å²) in [5.41, 5.74) is 2.35. The number of fused-ring (bicyclic) bond motifs is 1. The first-order valence-electron chi connectivity index (χ1n) is 7.75. The Morgan fingerprint density at radius 3 is 2.79 bits per heavy atom. The largest absolute Gasteiger partial charge is 0.491 e. The second kappa shape index (κ2) is 7.04. The Balaban J connectivity index is 1.65. The van der Waals surface area contributed by atoms with Crippen LogP contribution in [0.1, 0.15) is 12.0 Å². The average Bonchev–Trinajstić information content (AvgIpc) is 2.73. The Morgan fingerprint density at radius 1 is 1.21 bits per heavy atom. The number of benzene rings is 2. The molecule has 3 rings (SSSR count). The molecule has 0 atom stereocenters. The van der Waals surface area contributed by atoms with Crippen LogP contribution in [0.15, 0.2) is 48.5 Å². The highest BCUT2D eigenvalue weighted by atomic mass is 16.5. The van der Waals surface area contributed by atoms with Gasteiger partial charge in [0.1, 0.15) is 5.75 Å². The third kappa shape index (κ3) is 3.65. The fourth-order valence-electron chi connectivity index (χ4n) is 2.49. The zero-order valence-electron chi connectivity index (χ0n) is 13.4. The predicted molar refractivity (Wildman–Crippen MR) is 92.3 cm³/mol. The molecule has 0 saturated heterocycles. The van der Waals surface area contributed by atoms with E-state index in [0.717, 1.165) is 16.9 Å². The molecule has 0 spiro atoms. The lowest BCUT2D eigenvalue weighted by Gasteiger charge is -2.17. The van der Waals surface area contributed by atoms with Crippen molar-refractivity contribution in [1.82, 2.24) is 5.32 Å². The minimum atomic E-state index is -0.281. The van der Waals surface area contributed by atoms with E-state index in [1.807, 2.05) is 48.5 Å². The van der Waals surface area contributed by atoms with Crippen LogP contribution in [0.4, 0.5) is 16.2 Å². The van der Waals surface area contributed by atoms with Crippen LogP contribution < -0.4 is 20.3 Å². The highest BCUT2D eigenvalue weighted by molar-refractivity contribution is 5.95. The van der Waals surface area contributed by atoms with Gasteiger partial charge >= 0.3 is 6.03 Å². The smallest absolute Gasteiger partial charge is 0.319 e. The van der Waals surface area contributed by atoms with Crippen molar-refractivity contribution in [2.75, 3.05) is 23.9 Å². The summed E-state index contributed by atoms with van der Waals surface area (Å²) in [6.45, 7) is 0.737. The molecule has 2 aromatic rings. The van der Waals surface area contributed by atoms with Gasteiger partial charge in [0.15, 0.2) is 0 Å². The Hall–Kier alpha value is -3.02. The quantitative estimate of drug-likeness (QED) is 0.911. The standard InChI is InChI=1S/C18H19N3O3/c1-21-15-11-13(7-8-16(15)24-10-9-17(21)22)12-19-18(23)20-14-5-3-2-4-6-14/h2-8,11H,9-10,12H2,1H3,(H2,19,20,23). The van der Waals surface area contributed by atoms with Crippen molar-refractivity contribution < 1.29 is 14.3 Å². The van der Waals surface area contributed by atoms with Gasteiger partial charge in [0.05, 0.1) is 18.7 Å². The van der Waals surface area contributed by atoms with Crippen LogP contribution in [-0.2, 0) is 11.3 Å². The molecule has 124 valence electrons. The lowest BCUT2D eigenvalue weighted by Crippen LogP contribution is -2.28. The summed E-state index contributed by atoms with van der Waals surface area (Å²) in [5.74, 6) is 0.696. The van der Waals surface area contributed by atoms with Crippen LogP contribution in [-0.4, -0.2) is 25.6 Å². The van der Waals surface area contributed by atoms with Gasteiger partial charge in [0.2, 0.25) is 5.91 Å². The van der Waals surface area contributed by atoms with Gasteiger partial charge < -0.3 is 20.3 Å². The van der Waals surface area contributed by atoms with Crippen LogP contribution in [0.25, 0.3) is 0 Å². The monoisotopic (exact) mass is 325 g/mol. The maximum Gasteiger partial charge on any atom is 0.319 e. The van der Waals surface area contributed by atoms with Crippen LogP contribution >= 0.6 is 0 Å². The molecule has 1 aliphatic rings. The van der Waals surface area contributed by atoms with Gasteiger partial charge in [-0.2, -0.15) is 0 Å². The molecular formula is C18H19N3O3. The first-order chi connectivity index (χ1) is 11.6. The molecule has 0 bridgehead atoms. The number of carbonyl (C=O) groups is 2. The molecule has 2 aromatic carbocycles. The molecule has 0 fully saturated rings. The van der Waals surface area contributed by atoms with Crippen molar-refractivity contribution in [3.8, 4) is 5.75 Å². The van der Waals surface area contributed by atoms with Crippen molar-refractivity contribution in [3.63, 3.8) is 0 Å². The second-order valence-corrected chi connectivity index (χ2v) is 5.53. The lowest BCUT2D eigenvalue weighted by molar-refractivity contribution is -0.118. The molecule has 0 aromatic heterocycles. The Labute approximate surface area is 140 Å². The van der Waals surface area contributed by atoms with E-state index in [1.54, 1.807) is 11.9 Å². The predicted octanol–water partition coefficient (Wildman–Crippen LogP) is 2.75. The van der Waals surface area contributed by atoms with Crippen molar-refractivity contribution in [1.29, 1.82) is 0 Å². The van der Waals surface area contributed by atoms with Gasteiger partial charge in [-0.1, -0.05) is 24.3 Å². The SMILES string of the molecule is CN1C(=O)CCOc2ccc(CNC(=O)Nc3ccccc3)cc21. The van der Waals surface area contributed by atoms with Crippen LogP contribution in [0.3, 0.4) is 0 Å². The van der Waals surface area contributed by atoms with Gasteiger partial charge in [-0.15, -0.1) is 0 Å². The maximum atomic E-state index is 11.9. The third-order valence-corrected chi connectivity index (χ3v) is 3.82. The van der Waals surface area contributed by atoms with Crippen molar-refractivity contribution in [2.45, 2.75) is 13.0 Å². The number of para-hydroxylation sites is 1. The molecule has 1 aliphatic heterocycles. The number of amides is 3. The number of rotatable bonds is 3. The highest BCUT2D eigenvalue weighted by Crippen LogP contribution is 2.31. The molecule has 0 saturated carbocycles. The van der Waals surface area contributed by atoms with E-state index in [9.17, 15) is 9.59 Å². The molecule has 1 heterocycles. The number of nitrogens with one attached hydrogen (secondary N) is 2. The fourth-order valence-corrected chi connectivity index (χ4v) is 2.49. The molecule has 6 nitrogen and oxygen atoms in total. The van der Waals surface area contributed by atoms with Gasteiger partial charge in [-0.05, 0) is 29.8 Å². The van der Waals surface area contributed by atoms with E-state index in [4.69, 9.17) is 4.74 Å². The number of hydrogen-bond donors (Lipinski definition) is 2. The van der Waals surface area contributed by atoms with Crippen LogP contribution in [0.2, 0.25) is 0 Å². The molecule has 0 aliphatic carbocycles. The molecule has 2 N–H and O–H groups in total. The molecule has 24 heavy (non-hydrogen) atoms. The van der Waals surface area contributed by atoms with Gasteiger partial charge in [0, 0.05) is 19.3 Å². The van der Waals surface area contributed by atoms with E-state index in [1.165, 1.54) is 0 Å². The summed E-state index contributed by atoms with van der Waals surface area (Å²) in [4.78, 5) is 25.5. The number of ether oxygens (including phenoxy) is 1. The highest BCUT2D eigenvalue weighted by Gasteiger charge is 2.20. The summed E-state index contributed by atoms with van der Waals surface area (Å²) in [6, 6.07) is 14.5. The van der Waals surface area contributed by atoms with Crippen molar-refractivity contribution in [2.24, 2.45) is 0 Å². The minimum absolute atomic E-state index is 0.0145. The number of anilines is 2. The molecule has 6 heteroatoms.